The standard InChI is InChI=1S/C8H18O.B.U/c1-5-8(4)9-6-7(2)3;;/h7-8H,5-6H2,1-4H3;;. The van der Waals surface area contributed by atoms with Crippen LogP contribution in [0.2, 0.25) is 0 Å². The molecule has 0 saturated carbocycles. The van der Waals surface area contributed by atoms with Crippen molar-refractivity contribution in [2.75, 3.05) is 6.61 Å². The van der Waals surface area contributed by atoms with Crippen LogP contribution >= 0.6 is 0 Å². The molecule has 0 heterocycles. The van der Waals surface area contributed by atoms with Gasteiger partial charge in [-0.2, -0.15) is 0 Å². The third-order valence-electron chi connectivity index (χ3n) is 1.29. The smallest absolute Gasteiger partial charge is 0.0544 e. The van der Waals surface area contributed by atoms with Gasteiger partial charge in [-0.3, -0.25) is 0 Å². The number of ether oxygens (including phenoxy) is 1. The van der Waals surface area contributed by atoms with Crippen LogP contribution in [0.3, 0.4) is 0 Å². The Morgan fingerprint density at radius 1 is 1.18 bits per heavy atom. The second-order valence-corrected chi connectivity index (χ2v) is 2.95. The van der Waals surface area contributed by atoms with Crippen LogP contribution < -0.4 is 0 Å². The Balaban J connectivity index is -0.000000320. The topological polar surface area (TPSA) is 9.23 Å². The zero-order chi connectivity index (χ0) is 7.28. The molecule has 0 saturated heterocycles. The summed E-state index contributed by atoms with van der Waals surface area (Å²) in [4.78, 5) is 0. The van der Waals surface area contributed by atoms with Gasteiger partial charge >= 0.3 is 0 Å². The third kappa shape index (κ3) is 14.0. The Morgan fingerprint density at radius 3 is 1.91 bits per heavy atom. The van der Waals surface area contributed by atoms with Crippen molar-refractivity contribution in [1.82, 2.24) is 0 Å². The quantitative estimate of drug-likeness (QED) is 0.680. The van der Waals surface area contributed by atoms with E-state index < -0.39 is 0 Å². The average Bonchev–Trinajstić information content (AvgIpc) is 1.83. The molecule has 0 rings (SSSR count). The van der Waals surface area contributed by atoms with Gasteiger partial charge in [0.1, 0.15) is 0 Å². The van der Waals surface area contributed by atoms with Crippen LogP contribution in [-0.2, 0) is 4.74 Å². The van der Waals surface area contributed by atoms with Crippen molar-refractivity contribution >= 4 is 8.41 Å². The van der Waals surface area contributed by atoms with Crippen LogP contribution in [0.25, 0.3) is 0 Å². The maximum absolute atomic E-state index is 5.45. The normalized spacial score (nSPS) is 11.7. The van der Waals surface area contributed by atoms with Gasteiger partial charge in [0.05, 0.1) is 6.10 Å². The molecule has 0 fully saturated rings. The molecular formula is C8H18BOU. The van der Waals surface area contributed by atoms with Gasteiger partial charge < -0.3 is 4.74 Å². The minimum atomic E-state index is 0. The van der Waals surface area contributed by atoms with Gasteiger partial charge in [0.25, 0.3) is 0 Å². The van der Waals surface area contributed by atoms with Crippen molar-refractivity contribution in [1.29, 1.82) is 0 Å². The fourth-order valence-corrected chi connectivity index (χ4v) is 0.475. The molecule has 3 heteroatoms. The summed E-state index contributed by atoms with van der Waals surface area (Å²) < 4.78 is 5.45. The predicted molar refractivity (Wildman–Crippen MR) is 46.3 cm³/mol. The summed E-state index contributed by atoms with van der Waals surface area (Å²) in [5.74, 6) is 0.666. The summed E-state index contributed by atoms with van der Waals surface area (Å²) in [5.41, 5.74) is 0. The Morgan fingerprint density at radius 2 is 1.64 bits per heavy atom. The number of rotatable bonds is 4. The minimum Gasteiger partial charge on any atom is -0.378 e. The van der Waals surface area contributed by atoms with Gasteiger partial charge in [0.2, 0.25) is 0 Å². The Kier molecular flexibility index (Phi) is 18.1. The summed E-state index contributed by atoms with van der Waals surface area (Å²) >= 11 is 0. The van der Waals surface area contributed by atoms with E-state index in [4.69, 9.17) is 4.74 Å². The van der Waals surface area contributed by atoms with E-state index in [0.717, 1.165) is 13.0 Å². The summed E-state index contributed by atoms with van der Waals surface area (Å²) in [6, 6.07) is 0. The van der Waals surface area contributed by atoms with Gasteiger partial charge in [-0.05, 0) is 19.3 Å². The maximum atomic E-state index is 5.45. The Labute approximate surface area is 96.6 Å². The predicted octanol–water partition coefficient (Wildman–Crippen LogP) is 2.08. The molecular weight excluding hydrogens is 361 g/mol. The fraction of sp³-hybridized carbons (Fsp3) is 1.00. The molecule has 0 aliphatic heterocycles. The molecule has 0 N–H and O–H groups in total. The van der Waals surface area contributed by atoms with E-state index in [1.54, 1.807) is 0 Å². The summed E-state index contributed by atoms with van der Waals surface area (Å²) in [7, 11) is 0. The fourth-order valence-electron chi connectivity index (χ4n) is 0.475. The molecule has 11 heavy (non-hydrogen) atoms. The zero-order valence-electron chi connectivity index (χ0n) is 8.05. The van der Waals surface area contributed by atoms with Crippen LogP contribution in [0.4, 0.5) is 0 Å². The summed E-state index contributed by atoms with van der Waals surface area (Å²) in [6.07, 6.45) is 1.56. The van der Waals surface area contributed by atoms with Crippen molar-refractivity contribution in [3.63, 3.8) is 0 Å². The van der Waals surface area contributed by atoms with E-state index in [1.165, 1.54) is 0 Å². The molecule has 1 atom stereocenters. The first-order chi connectivity index (χ1) is 4.16. The van der Waals surface area contributed by atoms with Crippen molar-refractivity contribution in [3.05, 3.63) is 0 Å². The molecule has 0 aliphatic carbocycles. The first-order valence-electron chi connectivity index (χ1n) is 3.78. The van der Waals surface area contributed by atoms with Crippen LogP contribution in [0.1, 0.15) is 34.1 Å². The van der Waals surface area contributed by atoms with E-state index in [1.807, 2.05) is 0 Å². The third-order valence-corrected chi connectivity index (χ3v) is 1.29. The van der Waals surface area contributed by atoms with Crippen molar-refractivity contribution in [2.45, 2.75) is 40.2 Å². The molecule has 0 aliphatic rings. The second kappa shape index (κ2) is 11.1. The van der Waals surface area contributed by atoms with Crippen molar-refractivity contribution < 1.29 is 35.9 Å². The van der Waals surface area contributed by atoms with E-state index in [-0.39, 0.29) is 39.5 Å². The van der Waals surface area contributed by atoms with Crippen molar-refractivity contribution in [2.24, 2.45) is 5.92 Å². The van der Waals surface area contributed by atoms with E-state index in [0.29, 0.717) is 12.0 Å². The second-order valence-electron chi connectivity index (χ2n) is 2.95. The molecule has 63 valence electrons. The molecule has 0 amide bonds. The van der Waals surface area contributed by atoms with Crippen LogP contribution in [0, 0.1) is 37.0 Å². The molecule has 3 radical (unpaired) electrons. The molecule has 0 aromatic carbocycles. The molecule has 1 unspecified atom stereocenters. The Hall–Kier alpha value is 1.08. The van der Waals surface area contributed by atoms with Gasteiger partial charge in [-0.15, -0.1) is 0 Å². The number of hydrogen-bond donors (Lipinski definition) is 0. The van der Waals surface area contributed by atoms with E-state index in [2.05, 4.69) is 27.7 Å². The van der Waals surface area contributed by atoms with E-state index >= 15 is 0 Å². The van der Waals surface area contributed by atoms with Gasteiger partial charge in [0.15, 0.2) is 0 Å². The SMILES string of the molecule is CCC(C)OCC(C)C.[B].[U]. The molecule has 1 nitrogen and oxygen atoms in total. The summed E-state index contributed by atoms with van der Waals surface area (Å²) in [5, 5.41) is 0. The summed E-state index contributed by atoms with van der Waals surface area (Å²) in [6.45, 7) is 9.49. The van der Waals surface area contributed by atoms with E-state index in [9.17, 15) is 0 Å². The van der Waals surface area contributed by atoms with Gasteiger partial charge in [-0.1, -0.05) is 20.8 Å². The van der Waals surface area contributed by atoms with Gasteiger partial charge in [0, 0.05) is 46.1 Å². The molecule has 0 aromatic heterocycles. The largest absolute Gasteiger partial charge is 0.378 e. The van der Waals surface area contributed by atoms with Crippen LogP contribution in [-0.4, -0.2) is 21.1 Å². The first kappa shape index (κ1) is 18.0. The molecule has 0 aromatic rings. The molecule has 0 spiro atoms. The molecule has 0 bridgehead atoms. The average molecular weight is 379 g/mol. The maximum Gasteiger partial charge on any atom is 0.0544 e. The first-order valence-corrected chi connectivity index (χ1v) is 3.78. The van der Waals surface area contributed by atoms with Crippen LogP contribution in [0.5, 0.6) is 0 Å². The van der Waals surface area contributed by atoms with Crippen molar-refractivity contribution in [3.8, 4) is 0 Å². The Bertz CT molecular complexity index is 69.1. The monoisotopic (exact) mass is 379 g/mol. The minimum absolute atomic E-state index is 0. The zero-order valence-corrected chi connectivity index (χ0v) is 12.2. The number of hydrogen-bond acceptors (Lipinski definition) is 1. The van der Waals surface area contributed by atoms with Gasteiger partial charge in [-0.25, -0.2) is 0 Å². The van der Waals surface area contributed by atoms with Crippen LogP contribution in [0.15, 0.2) is 0 Å².